The maximum absolute atomic E-state index is 13.4. The van der Waals surface area contributed by atoms with E-state index in [9.17, 15) is 9.59 Å². The standard InChI is InChI=1S/C25H29NO3/c1-24(2,3)29-23(28)20-16-25(19-12-8-5-9-13-19)22(27)15-14-21(20)26(25)17-18-10-6-4-7-11-18/h4-13,20-21H,14-17H2,1-3H3/t20-,21-,25+/m0/s1. The van der Waals surface area contributed by atoms with Gasteiger partial charge in [0.1, 0.15) is 11.1 Å². The number of ether oxygens (including phenoxy) is 1. The molecule has 0 unspecified atom stereocenters. The average Bonchev–Trinajstić information content (AvgIpc) is 2.92. The molecule has 152 valence electrons. The number of carbonyl (C=O) groups is 2. The third kappa shape index (κ3) is 3.62. The van der Waals surface area contributed by atoms with Crippen LogP contribution in [-0.2, 0) is 26.4 Å². The topological polar surface area (TPSA) is 46.6 Å². The minimum Gasteiger partial charge on any atom is -0.460 e. The summed E-state index contributed by atoms with van der Waals surface area (Å²) in [6.45, 7) is 6.33. The fraction of sp³-hybridized carbons (Fsp3) is 0.440. The number of Topliss-reactive ketones (excluding diaryl/α,β-unsaturated/α-hetero) is 1. The van der Waals surface area contributed by atoms with Gasteiger partial charge in [0, 0.05) is 19.0 Å². The minimum atomic E-state index is -0.762. The maximum atomic E-state index is 13.4. The molecule has 2 aliphatic heterocycles. The number of benzene rings is 2. The van der Waals surface area contributed by atoms with E-state index in [0.29, 0.717) is 25.8 Å². The highest BCUT2D eigenvalue weighted by atomic mass is 16.6. The van der Waals surface area contributed by atoms with Gasteiger partial charge in [0.05, 0.1) is 5.92 Å². The van der Waals surface area contributed by atoms with Crippen molar-refractivity contribution in [2.75, 3.05) is 0 Å². The molecule has 0 aromatic heterocycles. The molecule has 0 amide bonds. The van der Waals surface area contributed by atoms with Crippen LogP contribution in [0.15, 0.2) is 60.7 Å². The number of piperidine rings is 1. The third-order valence-corrected chi connectivity index (χ3v) is 6.16. The summed E-state index contributed by atoms with van der Waals surface area (Å²) in [7, 11) is 0. The maximum Gasteiger partial charge on any atom is 0.311 e. The van der Waals surface area contributed by atoms with E-state index < -0.39 is 11.1 Å². The fourth-order valence-corrected chi connectivity index (χ4v) is 5.00. The second kappa shape index (κ2) is 7.42. The third-order valence-electron chi connectivity index (χ3n) is 6.16. The molecule has 3 atom stereocenters. The van der Waals surface area contributed by atoms with Gasteiger partial charge in [-0.25, -0.2) is 0 Å². The van der Waals surface area contributed by atoms with Crippen LogP contribution < -0.4 is 0 Å². The Morgan fingerprint density at radius 1 is 1.07 bits per heavy atom. The molecule has 2 aromatic carbocycles. The number of rotatable bonds is 4. The van der Waals surface area contributed by atoms with Crippen molar-refractivity contribution in [1.29, 1.82) is 0 Å². The van der Waals surface area contributed by atoms with Crippen LogP contribution in [0.1, 0.15) is 51.2 Å². The van der Waals surface area contributed by atoms with Gasteiger partial charge in [-0.2, -0.15) is 0 Å². The number of esters is 1. The van der Waals surface area contributed by atoms with Gasteiger partial charge < -0.3 is 4.74 Å². The lowest BCUT2D eigenvalue weighted by Crippen LogP contribution is -2.53. The second-order valence-electron chi connectivity index (χ2n) is 9.21. The van der Waals surface area contributed by atoms with Crippen molar-refractivity contribution < 1.29 is 14.3 Å². The normalized spacial score (nSPS) is 27.1. The Morgan fingerprint density at radius 3 is 2.31 bits per heavy atom. The van der Waals surface area contributed by atoms with Gasteiger partial charge in [-0.15, -0.1) is 0 Å². The first-order chi connectivity index (χ1) is 13.8. The molecule has 0 radical (unpaired) electrons. The Kier molecular flexibility index (Phi) is 5.07. The van der Waals surface area contributed by atoms with E-state index in [2.05, 4.69) is 17.0 Å². The van der Waals surface area contributed by atoms with Crippen LogP contribution in [0.25, 0.3) is 0 Å². The van der Waals surface area contributed by atoms with Crippen molar-refractivity contribution >= 4 is 11.8 Å². The summed E-state index contributed by atoms with van der Waals surface area (Å²) in [5.41, 5.74) is 0.831. The van der Waals surface area contributed by atoms with Crippen LogP contribution in [0, 0.1) is 5.92 Å². The van der Waals surface area contributed by atoms with Crippen LogP contribution in [0.2, 0.25) is 0 Å². The molecular formula is C25H29NO3. The number of hydrogen-bond donors (Lipinski definition) is 0. The number of nitrogens with zero attached hydrogens (tertiary/aromatic N) is 1. The summed E-state index contributed by atoms with van der Waals surface area (Å²) in [6.07, 6.45) is 1.69. The number of ketones is 1. The molecule has 2 heterocycles. The number of fused-ring (bicyclic) bond motifs is 2. The smallest absolute Gasteiger partial charge is 0.311 e. The van der Waals surface area contributed by atoms with Crippen LogP contribution in [0.5, 0.6) is 0 Å². The summed E-state index contributed by atoms with van der Waals surface area (Å²) in [5, 5.41) is 0. The first-order valence-corrected chi connectivity index (χ1v) is 10.4. The van der Waals surface area contributed by atoms with E-state index in [-0.39, 0.29) is 23.7 Å². The molecule has 0 N–H and O–H groups in total. The molecule has 4 nitrogen and oxygen atoms in total. The van der Waals surface area contributed by atoms with Crippen LogP contribution in [0.3, 0.4) is 0 Å². The molecule has 2 fully saturated rings. The van der Waals surface area contributed by atoms with E-state index in [1.165, 1.54) is 0 Å². The van der Waals surface area contributed by atoms with E-state index in [1.807, 2.05) is 69.3 Å². The van der Waals surface area contributed by atoms with Crippen molar-refractivity contribution in [3.05, 3.63) is 71.8 Å². The lowest BCUT2D eigenvalue weighted by atomic mass is 9.79. The van der Waals surface area contributed by atoms with Crippen LogP contribution in [0.4, 0.5) is 0 Å². The summed E-state index contributed by atoms with van der Waals surface area (Å²) < 4.78 is 5.77. The molecule has 0 spiro atoms. The predicted octanol–water partition coefficient (Wildman–Crippen LogP) is 4.48. The van der Waals surface area contributed by atoms with Crippen molar-refractivity contribution in [3.8, 4) is 0 Å². The second-order valence-corrected chi connectivity index (χ2v) is 9.21. The van der Waals surface area contributed by atoms with E-state index >= 15 is 0 Å². The van der Waals surface area contributed by atoms with Crippen molar-refractivity contribution in [3.63, 3.8) is 0 Å². The van der Waals surface area contributed by atoms with Crippen LogP contribution >= 0.6 is 0 Å². The molecule has 4 heteroatoms. The van der Waals surface area contributed by atoms with Gasteiger partial charge in [-0.3, -0.25) is 14.5 Å². The van der Waals surface area contributed by atoms with Gasteiger partial charge in [-0.1, -0.05) is 60.7 Å². The molecule has 0 saturated carbocycles. The van der Waals surface area contributed by atoms with Gasteiger partial charge in [0.15, 0.2) is 5.78 Å². The van der Waals surface area contributed by atoms with Crippen molar-refractivity contribution in [2.45, 2.75) is 63.8 Å². The van der Waals surface area contributed by atoms with E-state index in [4.69, 9.17) is 4.74 Å². The molecule has 4 rings (SSSR count). The van der Waals surface area contributed by atoms with Gasteiger partial charge in [0.2, 0.25) is 0 Å². The molecular weight excluding hydrogens is 362 g/mol. The van der Waals surface area contributed by atoms with E-state index in [1.54, 1.807) is 0 Å². The summed E-state index contributed by atoms with van der Waals surface area (Å²) in [6, 6.07) is 20.2. The first-order valence-electron chi connectivity index (χ1n) is 10.4. The molecule has 0 aliphatic carbocycles. The zero-order valence-corrected chi connectivity index (χ0v) is 17.4. The Morgan fingerprint density at radius 2 is 1.69 bits per heavy atom. The first kappa shape index (κ1) is 19.8. The zero-order chi connectivity index (χ0) is 20.6. The zero-order valence-electron chi connectivity index (χ0n) is 17.4. The largest absolute Gasteiger partial charge is 0.460 e. The highest BCUT2D eigenvalue weighted by molar-refractivity contribution is 5.93. The highest BCUT2D eigenvalue weighted by Gasteiger charge is 2.61. The monoisotopic (exact) mass is 391 g/mol. The lowest BCUT2D eigenvalue weighted by molar-refractivity contribution is -0.161. The fourth-order valence-electron chi connectivity index (χ4n) is 5.00. The predicted molar refractivity (Wildman–Crippen MR) is 112 cm³/mol. The number of hydrogen-bond acceptors (Lipinski definition) is 4. The quantitative estimate of drug-likeness (QED) is 0.721. The van der Waals surface area contributed by atoms with Gasteiger partial charge in [0.25, 0.3) is 0 Å². The molecule has 2 aromatic rings. The summed E-state index contributed by atoms with van der Waals surface area (Å²) in [5.74, 6) is -0.278. The Balaban J connectivity index is 1.77. The highest BCUT2D eigenvalue weighted by Crippen LogP contribution is 2.52. The van der Waals surface area contributed by atoms with Crippen molar-refractivity contribution in [1.82, 2.24) is 4.90 Å². The van der Waals surface area contributed by atoms with E-state index in [0.717, 1.165) is 11.1 Å². The minimum absolute atomic E-state index is 0.00274. The summed E-state index contributed by atoms with van der Waals surface area (Å²) >= 11 is 0. The van der Waals surface area contributed by atoms with Gasteiger partial charge >= 0.3 is 5.97 Å². The molecule has 29 heavy (non-hydrogen) atoms. The average molecular weight is 392 g/mol. The molecule has 2 aliphatic rings. The Hall–Kier alpha value is -2.46. The SMILES string of the molecule is CC(C)(C)OC(=O)[C@H]1C[C@@]2(c3ccccc3)C(=O)CC[C@@H]1N2Cc1ccccc1. The molecule has 2 saturated heterocycles. The van der Waals surface area contributed by atoms with Gasteiger partial charge in [-0.05, 0) is 44.7 Å². The van der Waals surface area contributed by atoms with Crippen molar-refractivity contribution in [2.24, 2.45) is 5.92 Å². The Labute approximate surface area is 172 Å². The van der Waals surface area contributed by atoms with Crippen LogP contribution in [-0.4, -0.2) is 28.3 Å². The number of carbonyl (C=O) groups excluding carboxylic acids is 2. The molecule has 2 bridgehead atoms. The lowest BCUT2D eigenvalue weighted by Gasteiger charge is -2.44. The summed E-state index contributed by atoms with van der Waals surface area (Å²) in [4.78, 5) is 28.8. The Bertz CT molecular complexity index is 887.